The molecule has 0 saturated carbocycles. The predicted molar refractivity (Wildman–Crippen MR) is 140 cm³/mol. The highest BCUT2D eigenvalue weighted by atomic mass is 79.9. The summed E-state index contributed by atoms with van der Waals surface area (Å²) in [5.74, 6) is -1.15. The molecule has 9 heteroatoms. The second-order valence-corrected chi connectivity index (χ2v) is 9.51. The third-order valence-electron chi connectivity index (χ3n) is 5.02. The van der Waals surface area contributed by atoms with Crippen molar-refractivity contribution in [2.24, 2.45) is 0 Å². The van der Waals surface area contributed by atoms with Gasteiger partial charge in [0.05, 0.1) is 26.8 Å². The van der Waals surface area contributed by atoms with Gasteiger partial charge < -0.3 is 10.1 Å². The van der Waals surface area contributed by atoms with Crippen LogP contribution in [0, 0.1) is 6.92 Å². The SMILES string of the molecule is Cc1cc(Br)c(Cl)cc1NC(=O)COC(=O)c1cc(-c2ccc(Cl)cc2Cl)nc2ccccc12. The maximum Gasteiger partial charge on any atom is 0.339 e. The Hall–Kier alpha value is -2.64. The number of fused-ring (bicyclic) bond motifs is 1. The first kappa shape index (κ1) is 24.5. The summed E-state index contributed by atoms with van der Waals surface area (Å²) < 4.78 is 6.05. The summed E-state index contributed by atoms with van der Waals surface area (Å²) in [5, 5.41) is 4.65. The number of ether oxygens (including phenoxy) is 1. The van der Waals surface area contributed by atoms with E-state index in [-0.39, 0.29) is 5.56 Å². The first-order valence-corrected chi connectivity index (χ1v) is 11.9. The van der Waals surface area contributed by atoms with Crippen molar-refractivity contribution in [2.75, 3.05) is 11.9 Å². The Labute approximate surface area is 219 Å². The van der Waals surface area contributed by atoms with Crippen LogP contribution < -0.4 is 5.32 Å². The topological polar surface area (TPSA) is 68.3 Å². The minimum Gasteiger partial charge on any atom is -0.452 e. The van der Waals surface area contributed by atoms with Crippen molar-refractivity contribution >= 4 is 79.2 Å². The first-order chi connectivity index (χ1) is 16.2. The van der Waals surface area contributed by atoms with Gasteiger partial charge >= 0.3 is 5.97 Å². The molecule has 0 spiro atoms. The van der Waals surface area contributed by atoms with Crippen molar-refractivity contribution in [3.63, 3.8) is 0 Å². The number of carbonyl (C=O) groups excluding carboxylic acids is 2. The molecule has 172 valence electrons. The van der Waals surface area contributed by atoms with Gasteiger partial charge in [-0.2, -0.15) is 0 Å². The van der Waals surface area contributed by atoms with E-state index in [1.807, 2.05) is 13.0 Å². The molecule has 0 aliphatic heterocycles. The molecule has 1 heterocycles. The number of rotatable bonds is 5. The molecular formula is C25H16BrCl3N2O3. The maximum absolute atomic E-state index is 13.0. The van der Waals surface area contributed by atoms with Gasteiger partial charge in [-0.25, -0.2) is 9.78 Å². The number of benzene rings is 3. The molecule has 0 radical (unpaired) electrons. The quantitative estimate of drug-likeness (QED) is 0.246. The summed E-state index contributed by atoms with van der Waals surface area (Å²) in [6, 6.07) is 17.2. The molecule has 0 aliphatic rings. The predicted octanol–water partition coefficient (Wildman–Crippen LogP) is 7.73. The smallest absolute Gasteiger partial charge is 0.339 e. The first-order valence-electron chi connectivity index (χ1n) is 10.0. The molecule has 1 N–H and O–H groups in total. The van der Waals surface area contributed by atoms with E-state index in [4.69, 9.17) is 39.5 Å². The Morgan fingerprint density at radius 1 is 1.00 bits per heavy atom. The number of hydrogen-bond donors (Lipinski definition) is 1. The minimum absolute atomic E-state index is 0.266. The van der Waals surface area contributed by atoms with Gasteiger partial charge in [0.25, 0.3) is 5.91 Å². The van der Waals surface area contributed by atoms with Crippen LogP contribution >= 0.6 is 50.7 Å². The van der Waals surface area contributed by atoms with Crippen molar-refractivity contribution in [1.82, 2.24) is 4.98 Å². The third kappa shape index (κ3) is 5.36. The molecular weight excluding hydrogens is 563 g/mol. The zero-order valence-electron chi connectivity index (χ0n) is 17.7. The zero-order valence-corrected chi connectivity index (χ0v) is 21.5. The Kier molecular flexibility index (Phi) is 7.43. The fourth-order valence-electron chi connectivity index (χ4n) is 3.36. The van der Waals surface area contributed by atoms with Crippen LogP contribution in [0.25, 0.3) is 22.2 Å². The highest BCUT2D eigenvalue weighted by Crippen LogP contribution is 2.32. The third-order valence-corrected chi connectivity index (χ3v) is 6.76. The van der Waals surface area contributed by atoms with Crippen molar-refractivity contribution < 1.29 is 14.3 Å². The molecule has 0 unspecified atom stereocenters. The van der Waals surface area contributed by atoms with Gasteiger partial charge in [0.1, 0.15) is 0 Å². The van der Waals surface area contributed by atoms with Crippen LogP contribution in [0.1, 0.15) is 15.9 Å². The van der Waals surface area contributed by atoms with Crippen LogP contribution in [-0.4, -0.2) is 23.5 Å². The van der Waals surface area contributed by atoms with Gasteiger partial charge in [-0.3, -0.25) is 4.79 Å². The number of aromatic nitrogens is 1. The lowest BCUT2D eigenvalue weighted by Crippen LogP contribution is -2.21. The van der Waals surface area contributed by atoms with Crippen LogP contribution in [0.15, 0.2) is 65.1 Å². The van der Waals surface area contributed by atoms with E-state index in [1.54, 1.807) is 54.6 Å². The summed E-state index contributed by atoms with van der Waals surface area (Å²) in [7, 11) is 0. The van der Waals surface area contributed by atoms with E-state index in [9.17, 15) is 9.59 Å². The van der Waals surface area contributed by atoms with E-state index >= 15 is 0 Å². The summed E-state index contributed by atoms with van der Waals surface area (Å²) in [6.07, 6.45) is 0. The number of hydrogen-bond acceptors (Lipinski definition) is 4. The molecule has 34 heavy (non-hydrogen) atoms. The summed E-state index contributed by atoms with van der Waals surface area (Å²) in [6.45, 7) is 1.36. The van der Waals surface area contributed by atoms with Crippen LogP contribution in [0.3, 0.4) is 0 Å². The van der Waals surface area contributed by atoms with Gasteiger partial charge in [-0.15, -0.1) is 0 Å². The minimum atomic E-state index is -0.661. The molecule has 4 rings (SSSR count). The lowest BCUT2D eigenvalue weighted by atomic mass is 10.0. The average molecular weight is 579 g/mol. The number of para-hydroxylation sites is 1. The second-order valence-electron chi connectivity index (χ2n) is 7.40. The number of nitrogens with zero attached hydrogens (tertiary/aromatic N) is 1. The number of aryl methyl sites for hydroxylation is 1. The summed E-state index contributed by atoms with van der Waals surface area (Å²) >= 11 is 21.8. The summed E-state index contributed by atoms with van der Waals surface area (Å²) in [5.41, 5.74) is 3.29. The Bertz CT molecular complexity index is 1440. The normalized spacial score (nSPS) is 10.9. The molecule has 0 saturated heterocycles. The highest BCUT2D eigenvalue weighted by Gasteiger charge is 2.18. The van der Waals surface area contributed by atoms with Gasteiger partial charge in [0, 0.05) is 26.1 Å². The van der Waals surface area contributed by atoms with Gasteiger partial charge in [0.15, 0.2) is 6.61 Å². The van der Waals surface area contributed by atoms with Gasteiger partial charge in [-0.1, -0.05) is 53.0 Å². The van der Waals surface area contributed by atoms with Crippen molar-refractivity contribution in [3.8, 4) is 11.3 Å². The zero-order chi connectivity index (χ0) is 24.4. The molecule has 1 aromatic heterocycles. The molecule has 0 atom stereocenters. The Morgan fingerprint density at radius 2 is 1.76 bits per heavy atom. The molecule has 5 nitrogen and oxygen atoms in total. The molecule has 1 amide bonds. The van der Waals surface area contributed by atoms with Gasteiger partial charge in [-0.05, 0) is 70.9 Å². The number of pyridine rings is 1. The number of nitrogens with one attached hydrogen (secondary N) is 1. The van der Waals surface area contributed by atoms with Crippen LogP contribution in [0.2, 0.25) is 15.1 Å². The largest absolute Gasteiger partial charge is 0.452 e. The van der Waals surface area contributed by atoms with E-state index in [0.29, 0.717) is 42.9 Å². The lowest BCUT2D eigenvalue weighted by molar-refractivity contribution is -0.119. The standard InChI is InChI=1S/C25H16BrCl3N2O3/c1-13-8-18(26)20(29)11-22(13)31-24(32)12-34-25(33)17-10-23(16-7-6-14(27)9-19(16)28)30-21-5-3-2-4-15(17)21/h2-11H,12H2,1H3,(H,31,32). The maximum atomic E-state index is 13.0. The number of carbonyl (C=O) groups is 2. The number of anilines is 1. The number of amides is 1. The molecule has 0 bridgehead atoms. The van der Waals surface area contributed by atoms with E-state index < -0.39 is 18.5 Å². The monoisotopic (exact) mass is 576 g/mol. The highest BCUT2D eigenvalue weighted by molar-refractivity contribution is 9.10. The van der Waals surface area contributed by atoms with Crippen LogP contribution in [-0.2, 0) is 9.53 Å². The van der Waals surface area contributed by atoms with Crippen LogP contribution in [0.4, 0.5) is 5.69 Å². The Balaban J connectivity index is 1.58. The molecule has 0 aliphatic carbocycles. The molecule has 4 aromatic rings. The molecule has 0 fully saturated rings. The van der Waals surface area contributed by atoms with E-state index in [0.717, 1.165) is 10.0 Å². The Morgan fingerprint density at radius 3 is 2.53 bits per heavy atom. The fraction of sp³-hybridized carbons (Fsp3) is 0.0800. The van der Waals surface area contributed by atoms with E-state index in [1.165, 1.54) is 0 Å². The van der Waals surface area contributed by atoms with E-state index in [2.05, 4.69) is 26.2 Å². The molecule has 3 aromatic carbocycles. The van der Waals surface area contributed by atoms with Gasteiger partial charge in [0.2, 0.25) is 0 Å². The summed E-state index contributed by atoms with van der Waals surface area (Å²) in [4.78, 5) is 30.1. The van der Waals surface area contributed by atoms with Crippen molar-refractivity contribution in [3.05, 3.63) is 91.3 Å². The second kappa shape index (κ2) is 10.3. The average Bonchev–Trinajstić information content (AvgIpc) is 2.80. The fourth-order valence-corrected chi connectivity index (χ4v) is 4.48. The van der Waals surface area contributed by atoms with Crippen LogP contribution in [0.5, 0.6) is 0 Å². The number of halogens is 4. The van der Waals surface area contributed by atoms with Crippen molar-refractivity contribution in [1.29, 1.82) is 0 Å². The lowest BCUT2D eigenvalue weighted by Gasteiger charge is -2.12. The van der Waals surface area contributed by atoms with Crippen molar-refractivity contribution in [2.45, 2.75) is 6.92 Å². The number of esters is 1.